The Balaban J connectivity index is 1.98. The summed E-state index contributed by atoms with van der Waals surface area (Å²) >= 11 is 0. The van der Waals surface area contributed by atoms with E-state index in [0.717, 1.165) is 18.0 Å². The van der Waals surface area contributed by atoms with Gasteiger partial charge in [0.1, 0.15) is 5.75 Å². The van der Waals surface area contributed by atoms with E-state index < -0.39 is 0 Å². The molecule has 0 saturated carbocycles. The lowest BCUT2D eigenvalue weighted by Gasteiger charge is -2.19. The first-order valence-electron chi connectivity index (χ1n) is 7.02. The van der Waals surface area contributed by atoms with Crippen molar-refractivity contribution < 1.29 is 9.53 Å². The number of rotatable bonds is 7. The van der Waals surface area contributed by atoms with Gasteiger partial charge < -0.3 is 4.74 Å². The molecule has 0 amide bonds. The van der Waals surface area contributed by atoms with Gasteiger partial charge in [0.05, 0.1) is 19.3 Å². The first-order chi connectivity index (χ1) is 10.2. The van der Waals surface area contributed by atoms with Crippen molar-refractivity contribution in [3.63, 3.8) is 0 Å². The molecular formula is C17H20N2O2. The fraction of sp³-hybridized carbons (Fsp3) is 0.294. The summed E-state index contributed by atoms with van der Waals surface area (Å²) < 4.78 is 5.10. The number of carbonyl (C=O) groups is 1. The van der Waals surface area contributed by atoms with Gasteiger partial charge in [-0.3, -0.25) is 14.7 Å². The highest BCUT2D eigenvalue weighted by Gasteiger charge is 2.12. The van der Waals surface area contributed by atoms with Crippen molar-refractivity contribution in [1.82, 2.24) is 9.88 Å². The van der Waals surface area contributed by atoms with Crippen molar-refractivity contribution in [3.05, 3.63) is 59.9 Å². The van der Waals surface area contributed by atoms with Gasteiger partial charge in [0.15, 0.2) is 5.78 Å². The number of Topliss-reactive ketones (excluding diaryl/α,β-unsaturated/α-hetero) is 1. The van der Waals surface area contributed by atoms with Gasteiger partial charge in [0.2, 0.25) is 0 Å². The van der Waals surface area contributed by atoms with Crippen LogP contribution in [0.3, 0.4) is 0 Å². The molecule has 2 aromatic rings. The van der Waals surface area contributed by atoms with Crippen LogP contribution in [0.4, 0.5) is 0 Å². The second-order valence-corrected chi connectivity index (χ2v) is 4.78. The maximum Gasteiger partial charge on any atom is 0.176 e. The summed E-state index contributed by atoms with van der Waals surface area (Å²) in [7, 11) is 1.61. The van der Waals surface area contributed by atoms with Crippen LogP contribution in [-0.2, 0) is 6.54 Å². The van der Waals surface area contributed by atoms with Crippen LogP contribution in [0, 0.1) is 0 Å². The predicted molar refractivity (Wildman–Crippen MR) is 82.5 cm³/mol. The summed E-state index contributed by atoms with van der Waals surface area (Å²) in [5, 5.41) is 0. The molecule has 2 rings (SSSR count). The Morgan fingerprint density at radius 2 is 1.95 bits per heavy atom. The van der Waals surface area contributed by atoms with Crippen LogP contribution in [0.25, 0.3) is 0 Å². The SMILES string of the molecule is CCN(CC(=O)c1ccc(OC)cc1)Cc1ccccn1. The predicted octanol–water partition coefficient (Wildman–Crippen LogP) is 2.80. The largest absolute Gasteiger partial charge is 0.497 e. The summed E-state index contributed by atoms with van der Waals surface area (Å²) in [6.07, 6.45) is 1.77. The zero-order valence-corrected chi connectivity index (χ0v) is 12.5. The van der Waals surface area contributed by atoms with E-state index in [-0.39, 0.29) is 5.78 Å². The number of likely N-dealkylation sites (N-methyl/N-ethyl adjacent to an activating group) is 1. The van der Waals surface area contributed by atoms with Crippen molar-refractivity contribution in [2.75, 3.05) is 20.2 Å². The number of ketones is 1. The number of nitrogens with zero attached hydrogens (tertiary/aromatic N) is 2. The molecule has 0 aliphatic heterocycles. The van der Waals surface area contributed by atoms with Crippen LogP contribution in [-0.4, -0.2) is 35.9 Å². The molecule has 21 heavy (non-hydrogen) atoms. The minimum absolute atomic E-state index is 0.107. The van der Waals surface area contributed by atoms with Gasteiger partial charge in [-0.2, -0.15) is 0 Å². The van der Waals surface area contributed by atoms with Gasteiger partial charge in [-0.25, -0.2) is 0 Å². The van der Waals surface area contributed by atoms with E-state index in [1.807, 2.05) is 37.3 Å². The number of aromatic nitrogens is 1. The Bertz CT molecular complexity index is 567. The highest BCUT2D eigenvalue weighted by atomic mass is 16.5. The highest BCUT2D eigenvalue weighted by molar-refractivity contribution is 5.97. The van der Waals surface area contributed by atoms with E-state index in [2.05, 4.69) is 9.88 Å². The molecule has 0 spiro atoms. The standard InChI is InChI=1S/C17H20N2O2/c1-3-19(12-15-6-4-5-11-18-15)13-17(20)14-7-9-16(21-2)10-8-14/h4-11H,3,12-13H2,1-2H3. The molecular weight excluding hydrogens is 264 g/mol. The third-order valence-electron chi connectivity index (χ3n) is 3.34. The first kappa shape index (κ1) is 15.2. The van der Waals surface area contributed by atoms with E-state index >= 15 is 0 Å². The zero-order chi connectivity index (χ0) is 15.1. The Morgan fingerprint density at radius 3 is 2.52 bits per heavy atom. The maximum atomic E-state index is 12.3. The molecule has 0 aliphatic rings. The number of hydrogen-bond acceptors (Lipinski definition) is 4. The van der Waals surface area contributed by atoms with Gasteiger partial charge in [-0.15, -0.1) is 0 Å². The van der Waals surface area contributed by atoms with Crippen LogP contribution in [0.1, 0.15) is 23.0 Å². The molecule has 4 heteroatoms. The smallest absolute Gasteiger partial charge is 0.176 e. The number of ether oxygens (including phenoxy) is 1. The second kappa shape index (κ2) is 7.55. The normalized spacial score (nSPS) is 10.6. The maximum absolute atomic E-state index is 12.3. The van der Waals surface area contributed by atoms with Crippen molar-refractivity contribution >= 4 is 5.78 Å². The molecule has 110 valence electrons. The van der Waals surface area contributed by atoms with E-state index in [4.69, 9.17) is 4.74 Å². The molecule has 0 radical (unpaired) electrons. The molecule has 0 saturated heterocycles. The van der Waals surface area contributed by atoms with E-state index in [0.29, 0.717) is 18.7 Å². The number of pyridine rings is 1. The Kier molecular flexibility index (Phi) is 5.46. The van der Waals surface area contributed by atoms with Crippen LogP contribution in [0.5, 0.6) is 5.75 Å². The molecule has 0 N–H and O–H groups in total. The van der Waals surface area contributed by atoms with Gasteiger partial charge in [-0.05, 0) is 42.9 Å². The fourth-order valence-corrected chi connectivity index (χ4v) is 2.07. The summed E-state index contributed by atoms with van der Waals surface area (Å²) in [6.45, 7) is 3.92. The van der Waals surface area contributed by atoms with E-state index in [9.17, 15) is 4.79 Å². The lowest BCUT2D eigenvalue weighted by Crippen LogP contribution is -2.29. The zero-order valence-electron chi connectivity index (χ0n) is 12.5. The van der Waals surface area contributed by atoms with Crippen LogP contribution < -0.4 is 4.74 Å². The monoisotopic (exact) mass is 284 g/mol. The average Bonchev–Trinajstić information content (AvgIpc) is 2.55. The number of hydrogen-bond donors (Lipinski definition) is 0. The molecule has 0 fully saturated rings. The summed E-state index contributed by atoms with van der Waals surface area (Å²) in [5.41, 5.74) is 1.68. The average molecular weight is 284 g/mol. The van der Waals surface area contributed by atoms with Crippen molar-refractivity contribution in [1.29, 1.82) is 0 Å². The quantitative estimate of drug-likeness (QED) is 0.733. The second-order valence-electron chi connectivity index (χ2n) is 4.78. The summed E-state index contributed by atoms with van der Waals surface area (Å²) in [6, 6.07) is 13.0. The Hall–Kier alpha value is -2.20. The minimum atomic E-state index is 0.107. The molecule has 1 aromatic heterocycles. The minimum Gasteiger partial charge on any atom is -0.497 e. The van der Waals surface area contributed by atoms with Gasteiger partial charge >= 0.3 is 0 Å². The number of methoxy groups -OCH3 is 1. The van der Waals surface area contributed by atoms with Crippen LogP contribution >= 0.6 is 0 Å². The van der Waals surface area contributed by atoms with Gasteiger partial charge in [0, 0.05) is 18.3 Å². The Labute approximate surface area is 125 Å². The number of benzene rings is 1. The lowest BCUT2D eigenvalue weighted by atomic mass is 10.1. The summed E-state index contributed by atoms with van der Waals surface area (Å²) in [4.78, 5) is 18.7. The summed E-state index contributed by atoms with van der Waals surface area (Å²) in [5.74, 6) is 0.864. The molecule has 4 nitrogen and oxygen atoms in total. The highest BCUT2D eigenvalue weighted by Crippen LogP contribution is 2.12. The van der Waals surface area contributed by atoms with Gasteiger partial charge in [0.25, 0.3) is 0 Å². The van der Waals surface area contributed by atoms with E-state index in [1.54, 1.807) is 25.4 Å². The molecule has 0 atom stereocenters. The van der Waals surface area contributed by atoms with Crippen molar-refractivity contribution in [3.8, 4) is 5.75 Å². The molecule has 0 unspecified atom stereocenters. The lowest BCUT2D eigenvalue weighted by molar-refractivity contribution is 0.0929. The third kappa shape index (κ3) is 4.39. The van der Waals surface area contributed by atoms with Crippen LogP contribution in [0.2, 0.25) is 0 Å². The first-order valence-corrected chi connectivity index (χ1v) is 7.02. The number of carbonyl (C=O) groups excluding carboxylic acids is 1. The van der Waals surface area contributed by atoms with Crippen molar-refractivity contribution in [2.24, 2.45) is 0 Å². The van der Waals surface area contributed by atoms with Crippen molar-refractivity contribution in [2.45, 2.75) is 13.5 Å². The van der Waals surface area contributed by atoms with Gasteiger partial charge in [-0.1, -0.05) is 13.0 Å². The van der Waals surface area contributed by atoms with Crippen LogP contribution in [0.15, 0.2) is 48.7 Å². The molecule has 0 aliphatic carbocycles. The molecule has 1 aromatic carbocycles. The molecule has 0 bridgehead atoms. The fourth-order valence-electron chi connectivity index (χ4n) is 2.07. The Morgan fingerprint density at radius 1 is 1.19 bits per heavy atom. The topological polar surface area (TPSA) is 42.4 Å². The molecule has 1 heterocycles. The third-order valence-corrected chi connectivity index (χ3v) is 3.34. The van der Waals surface area contributed by atoms with E-state index in [1.165, 1.54) is 0 Å².